The molecular weight excluding hydrogens is 359 g/mol. The highest BCUT2D eigenvalue weighted by Crippen LogP contribution is 2.32. The number of nitrogen functional groups attached to an aromatic ring is 1. The molecule has 1 aromatic carbocycles. The molecule has 0 spiro atoms. The second kappa shape index (κ2) is 6.62. The average molecular weight is 379 g/mol. The van der Waals surface area contributed by atoms with Crippen LogP contribution in [-0.4, -0.2) is 25.8 Å². The van der Waals surface area contributed by atoms with E-state index in [1.807, 2.05) is 0 Å². The van der Waals surface area contributed by atoms with Crippen LogP contribution in [0.15, 0.2) is 21.5 Å². The van der Waals surface area contributed by atoms with E-state index in [2.05, 4.69) is 22.9 Å². The van der Waals surface area contributed by atoms with Crippen LogP contribution < -0.4 is 5.73 Å². The molecule has 0 bridgehead atoms. The number of sulfonamides is 1. The summed E-state index contributed by atoms with van der Waals surface area (Å²) >= 11 is 3.12. The van der Waals surface area contributed by atoms with Crippen LogP contribution in [-0.2, 0) is 10.0 Å². The van der Waals surface area contributed by atoms with Crippen LogP contribution in [0.1, 0.15) is 32.6 Å². The first-order chi connectivity index (χ1) is 9.86. The summed E-state index contributed by atoms with van der Waals surface area (Å²) in [6, 6.07) is 2.29. The third-order valence-corrected chi connectivity index (χ3v) is 6.80. The molecule has 1 aliphatic heterocycles. The van der Waals surface area contributed by atoms with Crippen molar-refractivity contribution in [3.8, 4) is 0 Å². The van der Waals surface area contributed by atoms with E-state index >= 15 is 0 Å². The van der Waals surface area contributed by atoms with Gasteiger partial charge in [0.05, 0.1) is 10.6 Å². The van der Waals surface area contributed by atoms with Crippen molar-refractivity contribution in [2.24, 2.45) is 5.92 Å². The first-order valence-corrected chi connectivity index (χ1v) is 9.34. The van der Waals surface area contributed by atoms with Crippen molar-refractivity contribution in [2.75, 3.05) is 18.8 Å². The SMILES string of the molecule is CCCC1CCN(S(=O)(=O)c2cc(N)c(F)cc2Br)CC1. The molecule has 118 valence electrons. The standard InChI is InChI=1S/C14H20BrFN2O2S/c1-2-3-10-4-6-18(7-5-10)21(19,20)14-9-13(17)12(16)8-11(14)15/h8-10H,2-7,17H2,1H3. The van der Waals surface area contributed by atoms with Gasteiger partial charge in [-0.3, -0.25) is 0 Å². The maximum absolute atomic E-state index is 13.4. The number of piperidine rings is 1. The van der Waals surface area contributed by atoms with Gasteiger partial charge in [-0.2, -0.15) is 4.31 Å². The fourth-order valence-electron chi connectivity index (χ4n) is 2.73. The number of nitrogens with zero attached hydrogens (tertiary/aromatic N) is 1. The first kappa shape index (κ1) is 16.7. The van der Waals surface area contributed by atoms with E-state index in [0.29, 0.717) is 19.0 Å². The highest BCUT2D eigenvalue weighted by atomic mass is 79.9. The van der Waals surface area contributed by atoms with Gasteiger partial charge in [-0.05, 0) is 46.8 Å². The number of hydrogen-bond donors (Lipinski definition) is 1. The lowest BCUT2D eigenvalue weighted by Gasteiger charge is -2.31. The molecule has 1 fully saturated rings. The fourth-order valence-corrected chi connectivity index (χ4v) is 5.21. The lowest BCUT2D eigenvalue weighted by Crippen LogP contribution is -2.38. The number of hydrogen-bond acceptors (Lipinski definition) is 3. The van der Waals surface area contributed by atoms with Gasteiger partial charge in [0.1, 0.15) is 5.82 Å². The third kappa shape index (κ3) is 3.57. The molecule has 1 saturated heterocycles. The van der Waals surface area contributed by atoms with Gasteiger partial charge in [-0.25, -0.2) is 12.8 Å². The van der Waals surface area contributed by atoms with Gasteiger partial charge < -0.3 is 5.73 Å². The average Bonchev–Trinajstić information content (AvgIpc) is 2.43. The second-order valence-corrected chi connectivity index (χ2v) is 8.20. The second-order valence-electron chi connectivity index (χ2n) is 5.44. The van der Waals surface area contributed by atoms with Crippen molar-refractivity contribution in [1.82, 2.24) is 4.31 Å². The number of halogens is 2. The van der Waals surface area contributed by atoms with E-state index in [1.165, 1.54) is 10.4 Å². The lowest BCUT2D eigenvalue weighted by atomic mass is 9.94. The summed E-state index contributed by atoms with van der Waals surface area (Å²) in [5.41, 5.74) is 5.34. The Morgan fingerprint density at radius 1 is 1.38 bits per heavy atom. The van der Waals surface area contributed by atoms with Gasteiger partial charge in [-0.15, -0.1) is 0 Å². The lowest BCUT2D eigenvalue weighted by molar-refractivity contribution is 0.262. The van der Waals surface area contributed by atoms with Crippen LogP contribution in [0.2, 0.25) is 0 Å². The molecule has 1 heterocycles. The Morgan fingerprint density at radius 2 is 2.00 bits per heavy atom. The number of benzene rings is 1. The molecule has 21 heavy (non-hydrogen) atoms. The van der Waals surface area contributed by atoms with Crippen LogP contribution >= 0.6 is 15.9 Å². The Morgan fingerprint density at radius 3 is 2.57 bits per heavy atom. The van der Waals surface area contributed by atoms with Crippen molar-refractivity contribution in [1.29, 1.82) is 0 Å². The van der Waals surface area contributed by atoms with Gasteiger partial charge in [0.15, 0.2) is 0 Å². The number of nitrogens with two attached hydrogens (primary N) is 1. The molecule has 1 aliphatic rings. The van der Waals surface area contributed by atoms with E-state index in [0.717, 1.165) is 31.7 Å². The summed E-state index contributed by atoms with van der Waals surface area (Å²) in [5.74, 6) is -0.0225. The van der Waals surface area contributed by atoms with Crippen LogP contribution in [0.3, 0.4) is 0 Å². The summed E-state index contributed by atoms with van der Waals surface area (Å²) in [7, 11) is -3.63. The van der Waals surface area contributed by atoms with Gasteiger partial charge in [0.2, 0.25) is 10.0 Å². The van der Waals surface area contributed by atoms with Gasteiger partial charge in [0.25, 0.3) is 0 Å². The molecule has 7 heteroatoms. The Kier molecular flexibility index (Phi) is 5.27. The normalized spacial score (nSPS) is 18.0. The largest absolute Gasteiger partial charge is 0.396 e. The molecule has 2 rings (SSSR count). The van der Waals surface area contributed by atoms with Gasteiger partial charge >= 0.3 is 0 Å². The minimum atomic E-state index is -3.63. The molecule has 0 aliphatic carbocycles. The zero-order chi connectivity index (χ0) is 15.6. The molecule has 0 atom stereocenters. The van der Waals surface area contributed by atoms with Crippen LogP contribution in [0, 0.1) is 11.7 Å². The summed E-state index contributed by atoms with van der Waals surface area (Å²) in [5, 5.41) is 0. The zero-order valence-corrected chi connectivity index (χ0v) is 14.4. The van der Waals surface area contributed by atoms with E-state index < -0.39 is 15.8 Å². The molecule has 0 unspecified atom stereocenters. The highest BCUT2D eigenvalue weighted by Gasteiger charge is 2.31. The highest BCUT2D eigenvalue weighted by molar-refractivity contribution is 9.10. The predicted molar refractivity (Wildman–Crippen MR) is 84.9 cm³/mol. The van der Waals surface area contributed by atoms with Crippen LogP contribution in [0.25, 0.3) is 0 Å². The molecule has 1 aromatic rings. The van der Waals surface area contributed by atoms with Crippen molar-refractivity contribution < 1.29 is 12.8 Å². The minimum absolute atomic E-state index is 0.0374. The Bertz CT molecular complexity index is 614. The van der Waals surface area contributed by atoms with E-state index in [4.69, 9.17) is 5.73 Å². The Labute approximate surface area is 133 Å². The molecule has 0 saturated carbocycles. The molecule has 2 N–H and O–H groups in total. The van der Waals surface area contributed by atoms with Crippen LogP contribution in [0.4, 0.5) is 10.1 Å². The minimum Gasteiger partial charge on any atom is -0.396 e. The maximum atomic E-state index is 13.4. The topological polar surface area (TPSA) is 63.4 Å². The van der Waals surface area contributed by atoms with Crippen molar-refractivity contribution >= 4 is 31.6 Å². The summed E-state index contributed by atoms with van der Waals surface area (Å²) < 4.78 is 40.4. The van der Waals surface area contributed by atoms with E-state index in [9.17, 15) is 12.8 Å². The monoisotopic (exact) mass is 378 g/mol. The Balaban J connectivity index is 2.22. The van der Waals surface area contributed by atoms with Crippen molar-refractivity contribution in [3.05, 3.63) is 22.4 Å². The van der Waals surface area contributed by atoms with Crippen molar-refractivity contribution in [3.63, 3.8) is 0 Å². The quantitative estimate of drug-likeness (QED) is 0.816. The third-order valence-electron chi connectivity index (χ3n) is 3.94. The first-order valence-electron chi connectivity index (χ1n) is 7.11. The predicted octanol–water partition coefficient (Wildman–Crippen LogP) is 3.37. The number of anilines is 1. The van der Waals surface area contributed by atoms with E-state index in [1.54, 1.807) is 0 Å². The zero-order valence-electron chi connectivity index (χ0n) is 12.0. The van der Waals surface area contributed by atoms with Gasteiger partial charge in [0, 0.05) is 17.6 Å². The Hall–Kier alpha value is -0.660. The van der Waals surface area contributed by atoms with Crippen LogP contribution in [0.5, 0.6) is 0 Å². The van der Waals surface area contributed by atoms with Gasteiger partial charge in [-0.1, -0.05) is 19.8 Å². The smallest absolute Gasteiger partial charge is 0.244 e. The molecular formula is C14H20BrFN2O2S. The van der Waals surface area contributed by atoms with Crippen molar-refractivity contribution in [2.45, 2.75) is 37.5 Å². The summed E-state index contributed by atoms with van der Waals surface area (Å²) in [4.78, 5) is 0.0374. The molecule has 0 amide bonds. The molecule has 0 aromatic heterocycles. The molecule has 0 radical (unpaired) electrons. The fraction of sp³-hybridized carbons (Fsp3) is 0.571. The number of rotatable bonds is 4. The van der Waals surface area contributed by atoms with E-state index in [-0.39, 0.29) is 15.1 Å². The summed E-state index contributed by atoms with van der Waals surface area (Å²) in [6.45, 7) is 3.16. The maximum Gasteiger partial charge on any atom is 0.244 e. The summed E-state index contributed by atoms with van der Waals surface area (Å²) in [6.07, 6.45) is 4.02. The molecule has 4 nitrogen and oxygen atoms in total.